The molecule has 0 saturated heterocycles. The second kappa shape index (κ2) is 9.87. The Kier molecular flexibility index (Phi) is 6.48. The second-order valence-corrected chi connectivity index (χ2v) is 8.64. The van der Waals surface area contributed by atoms with Gasteiger partial charge in [-0.1, -0.05) is 41.9 Å². The molecule has 8 heteroatoms. The Morgan fingerprint density at radius 1 is 0.917 bits per heavy atom. The average molecular weight is 502 g/mol. The number of hydrogen-bond acceptors (Lipinski definition) is 6. The number of hydrazone groups is 1. The maximum Gasteiger partial charge on any atom is 0.274 e. The van der Waals surface area contributed by atoms with E-state index >= 15 is 0 Å². The first-order valence-electron chi connectivity index (χ1n) is 11.3. The molecule has 0 bridgehead atoms. The monoisotopic (exact) mass is 501 g/mol. The van der Waals surface area contributed by atoms with Gasteiger partial charge in [0.2, 0.25) is 0 Å². The van der Waals surface area contributed by atoms with Crippen molar-refractivity contribution >= 4 is 34.1 Å². The van der Waals surface area contributed by atoms with Gasteiger partial charge in [0.05, 0.1) is 33.1 Å². The van der Waals surface area contributed by atoms with Crippen molar-refractivity contribution in [3.05, 3.63) is 94.6 Å². The van der Waals surface area contributed by atoms with E-state index in [1.807, 2.05) is 48.5 Å². The fourth-order valence-electron chi connectivity index (χ4n) is 4.37. The zero-order chi connectivity index (χ0) is 25.2. The lowest BCUT2D eigenvalue weighted by atomic mass is 9.98. The van der Waals surface area contributed by atoms with Crippen LogP contribution in [-0.2, 0) is 0 Å². The molecule has 1 aliphatic heterocycles. The van der Waals surface area contributed by atoms with Crippen LogP contribution in [0.1, 0.15) is 33.9 Å². The third kappa shape index (κ3) is 4.33. The number of ether oxygens (including phenoxy) is 3. The fourth-order valence-corrected chi connectivity index (χ4v) is 4.63. The maximum atomic E-state index is 13.7. The Hall–Kier alpha value is -4.10. The van der Waals surface area contributed by atoms with Crippen molar-refractivity contribution in [1.82, 2.24) is 9.99 Å². The van der Waals surface area contributed by atoms with E-state index in [0.717, 1.165) is 16.7 Å². The summed E-state index contributed by atoms with van der Waals surface area (Å²) in [4.78, 5) is 18.4. The van der Waals surface area contributed by atoms with E-state index in [2.05, 4.69) is 4.98 Å². The Balaban J connectivity index is 1.61. The van der Waals surface area contributed by atoms with Crippen molar-refractivity contribution in [3.63, 3.8) is 0 Å². The molecule has 0 saturated carbocycles. The number of rotatable bonds is 6. The molecule has 1 aliphatic rings. The molecule has 36 heavy (non-hydrogen) atoms. The zero-order valence-electron chi connectivity index (χ0n) is 20.1. The van der Waals surface area contributed by atoms with Crippen molar-refractivity contribution in [2.24, 2.45) is 5.10 Å². The number of nitrogens with zero attached hydrogens (tertiary/aromatic N) is 3. The van der Waals surface area contributed by atoms with Crippen LogP contribution in [0.25, 0.3) is 10.9 Å². The molecule has 3 aromatic carbocycles. The van der Waals surface area contributed by atoms with Crippen molar-refractivity contribution in [3.8, 4) is 17.2 Å². The van der Waals surface area contributed by atoms with Crippen LogP contribution in [0.3, 0.4) is 0 Å². The maximum absolute atomic E-state index is 13.7. The molecule has 0 fully saturated rings. The number of aromatic nitrogens is 1. The minimum atomic E-state index is -0.458. The number of para-hydroxylation sites is 1. The molecule has 5 rings (SSSR count). The number of carbonyl (C=O) groups excluding carboxylic acids is 1. The molecule has 2 heterocycles. The first-order chi connectivity index (χ1) is 17.5. The van der Waals surface area contributed by atoms with Gasteiger partial charge in [0.15, 0.2) is 0 Å². The van der Waals surface area contributed by atoms with Gasteiger partial charge >= 0.3 is 0 Å². The van der Waals surface area contributed by atoms with Crippen molar-refractivity contribution < 1.29 is 19.0 Å². The van der Waals surface area contributed by atoms with Crippen LogP contribution in [0, 0.1) is 0 Å². The van der Waals surface area contributed by atoms with Gasteiger partial charge in [-0.15, -0.1) is 0 Å². The summed E-state index contributed by atoms with van der Waals surface area (Å²) >= 11 is 6.72. The van der Waals surface area contributed by atoms with Gasteiger partial charge in [-0.25, -0.2) is 9.99 Å². The molecule has 182 valence electrons. The highest BCUT2D eigenvalue weighted by atomic mass is 35.5. The van der Waals surface area contributed by atoms with Crippen LogP contribution in [0.2, 0.25) is 5.15 Å². The fraction of sp³-hybridized carbons (Fsp3) is 0.179. The van der Waals surface area contributed by atoms with E-state index in [-0.39, 0.29) is 5.91 Å². The van der Waals surface area contributed by atoms with Crippen molar-refractivity contribution in [2.45, 2.75) is 12.5 Å². The van der Waals surface area contributed by atoms with Gasteiger partial charge in [-0.3, -0.25) is 4.79 Å². The number of carbonyl (C=O) groups is 1. The van der Waals surface area contributed by atoms with Crippen molar-refractivity contribution in [1.29, 1.82) is 0 Å². The normalized spacial score (nSPS) is 15.1. The zero-order valence-corrected chi connectivity index (χ0v) is 20.8. The SMILES string of the molecule is COc1cccc(C(=O)N2N=C(c3cccc(OC)c3)C[C@H]2c2cc3cccc(OC)c3nc2Cl)c1. The van der Waals surface area contributed by atoms with Gasteiger partial charge in [0.25, 0.3) is 5.91 Å². The van der Waals surface area contributed by atoms with E-state index in [1.165, 1.54) is 5.01 Å². The number of halogens is 1. The lowest BCUT2D eigenvalue weighted by Gasteiger charge is -2.23. The first-order valence-corrected chi connectivity index (χ1v) is 11.7. The Labute approximate surface area is 213 Å². The number of hydrogen-bond donors (Lipinski definition) is 0. The Bertz CT molecular complexity index is 1490. The molecule has 1 aromatic heterocycles. The van der Waals surface area contributed by atoms with Crippen LogP contribution < -0.4 is 14.2 Å². The lowest BCUT2D eigenvalue weighted by molar-refractivity contribution is 0.0711. The van der Waals surface area contributed by atoms with Crippen LogP contribution in [0.15, 0.2) is 77.9 Å². The van der Waals surface area contributed by atoms with E-state index in [1.54, 1.807) is 45.6 Å². The van der Waals surface area contributed by atoms with Gasteiger partial charge in [-0.05, 0) is 42.5 Å². The molecular formula is C28H24ClN3O4. The van der Waals surface area contributed by atoms with E-state index in [0.29, 0.717) is 45.5 Å². The topological polar surface area (TPSA) is 73.2 Å². The number of pyridine rings is 1. The van der Waals surface area contributed by atoms with Crippen LogP contribution >= 0.6 is 11.6 Å². The molecule has 1 atom stereocenters. The molecule has 0 N–H and O–H groups in total. The largest absolute Gasteiger partial charge is 0.497 e. The molecule has 7 nitrogen and oxygen atoms in total. The van der Waals surface area contributed by atoms with Gasteiger partial charge in [0, 0.05) is 28.5 Å². The summed E-state index contributed by atoms with van der Waals surface area (Å²) in [5.74, 6) is 1.66. The van der Waals surface area contributed by atoms with Gasteiger partial charge in [-0.2, -0.15) is 5.10 Å². The Morgan fingerprint density at radius 3 is 2.39 bits per heavy atom. The quantitative estimate of drug-likeness (QED) is 0.307. The number of amides is 1. The van der Waals surface area contributed by atoms with Crippen LogP contribution in [0.4, 0.5) is 0 Å². The first kappa shape index (κ1) is 23.6. The van der Waals surface area contributed by atoms with Gasteiger partial charge in [0.1, 0.15) is 27.9 Å². The minimum absolute atomic E-state index is 0.265. The Morgan fingerprint density at radius 2 is 1.64 bits per heavy atom. The molecule has 0 unspecified atom stereocenters. The number of methoxy groups -OCH3 is 3. The summed E-state index contributed by atoms with van der Waals surface area (Å²) in [5.41, 5.74) is 3.44. The van der Waals surface area contributed by atoms with Crippen LogP contribution in [-0.4, -0.2) is 42.9 Å². The van der Waals surface area contributed by atoms with Crippen LogP contribution in [0.5, 0.6) is 17.2 Å². The van der Waals surface area contributed by atoms with Gasteiger partial charge < -0.3 is 14.2 Å². The highest BCUT2D eigenvalue weighted by Gasteiger charge is 2.35. The standard InChI is InChI=1S/C28H24ClN3O4/c1-34-20-10-4-7-17(13-20)23-16-24(32(31-23)28(33)19-9-5-11-21(14-19)35-2)22-15-18-8-6-12-25(36-3)26(18)30-27(22)29/h4-15,24H,16H2,1-3H3/t24-/m0/s1. The molecule has 1 amide bonds. The summed E-state index contributed by atoms with van der Waals surface area (Å²) in [6, 6.07) is 21.8. The highest BCUT2D eigenvalue weighted by Crippen LogP contribution is 2.39. The van der Waals surface area contributed by atoms with E-state index in [9.17, 15) is 4.79 Å². The van der Waals surface area contributed by atoms with E-state index < -0.39 is 6.04 Å². The molecule has 0 radical (unpaired) electrons. The summed E-state index contributed by atoms with van der Waals surface area (Å²) < 4.78 is 16.2. The molecular weight excluding hydrogens is 478 g/mol. The molecule has 4 aromatic rings. The van der Waals surface area contributed by atoms with Crippen molar-refractivity contribution in [2.75, 3.05) is 21.3 Å². The lowest BCUT2D eigenvalue weighted by Crippen LogP contribution is -2.27. The summed E-state index contributed by atoms with van der Waals surface area (Å²) in [5, 5.41) is 7.41. The average Bonchev–Trinajstić information content (AvgIpc) is 3.37. The minimum Gasteiger partial charge on any atom is -0.497 e. The molecule has 0 aliphatic carbocycles. The number of fused-ring (bicyclic) bond motifs is 1. The third-order valence-corrected chi connectivity index (χ3v) is 6.51. The number of benzene rings is 3. The predicted molar refractivity (Wildman–Crippen MR) is 139 cm³/mol. The third-order valence-electron chi connectivity index (χ3n) is 6.21. The summed E-state index contributed by atoms with van der Waals surface area (Å²) in [6.45, 7) is 0. The summed E-state index contributed by atoms with van der Waals surface area (Å²) in [7, 11) is 4.78. The smallest absolute Gasteiger partial charge is 0.274 e. The summed E-state index contributed by atoms with van der Waals surface area (Å²) in [6.07, 6.45) is 0.458. The predicted octanol–water partition coefficient (Wildman–Crippen LogP) is 5.91. The molecule has 0 spiro atoms. The highest BCUT2D eigenvalue weighted by molar-refractivity contribution is 6.30. The second-order valence-electron chi connectivity index (χ2n) is 8.28. The van der Waals surface area contributed by atoms with E-state index in [4.69, 9.17) is 30.9 Å².